The van der Waals surface area contributed by atoms with Crippen molar-refractivity contribution in [1.82, 2.24) is 10.3 Å². The molecule has 1 atom stereocenters. The number of aromatic nitrogens is 1. The molecule has 0 aliphatic heterocycles. The molecule has 4 nitrogen and oxygen atoms in total. The van der Waals surface area contributed by atoms with Crippen molar-refractivity contribution in [2.24, 2.45) is 5.92 Å². The van der Waals surface area contributed by atoms with Gasteiger partial charge < -0.3 is 15.4 Å². The van der Waals surface area contributed by atoms with E-state index < -0.39 is 5.60 Å². The van der Waals surface area contributed by atoms with Crippen LogP contribution in [0, 0.1) is 11.7 Å². The third-order valence-corrected chi connectivity index (χ3v) is 4.00. The van der Waals surface area contributed by atoms with E-state index in [0.29, 0.717) is 11.1 Å². The van der Waals surface area contributed by atoms with Crippen molar-refractivity contribution in [3.63, 3.8) is 0 Å². The van der Waals surface area contributed by atoms with E-state index >= 15 is 0 Å². The van der Waals surface area contributed by atoms with Crippen molar-refractivity contribution in [3.8, 4) is 11.1 Å². The number of amides is 1. The van der Waals surface area contributed by atoms with Crippen molar-refractivity contribution >= 4 is 5.91 Å². The molecule has 0 aliphatic rings. The number of carbonyl (C=O) groups is 1. The summed E-state index contributed by atoms with van der Waals surface area (Å²) in [5.41, 5.74) is 0.943. The minimum absolute atomic E-state index is 0.0237. The highest BCUT2D eigenvalue weighted by Crippen LogP contribution is 2.24. The normalized spacial score (nSPS) is 13.9. The summed E-state index contributed by atoms with van der Waals surface area (Å²) < 4.78 is 13.0. The van der Waals surface area contributed by atoms with Crippen LogP contribution in [0.5, 0.6) is 0 Å². The molecular weight excluding hydrogens is 283 g/mol. The van der Waals surface area contributed by atoms with Gasteiger partial charge in [0.2, 0.25) is 0 Å². The van der Waals surface area contributed by atoms with E-state index in [2.05, 4.69) is 10.3 Å². The predicted molar refractivity (Wildman–Crippen MR) is 84.0 cm³/mol. The fourth-order valence-corrected chi connectivity index (χ4v) is 1.98. The molecule has 0 bridgehead atoms. The van der Waals surface area contributed by atoms with E-state index in [1.165, 1.54) is 12.1 Å². The van der Waals surface area contributed by atoms with Crippen LogP contribution in [0.1, 0.15) is 31.1 Å². The monoisotopic (exact) mass is 304 g/mol. The van der Waals surface area contributed by atoms with Crippen molar-refractivity contribution in [2.45, 2.75) is 26.4 Å². The van der Waals surface area contributed by atoms with Gasteiger partial charge in [-0.15, -0.1) is 0 Å². The van der Waals surface area contributed by atoms with Crippen molar-refractivity contribution in [2.75, 3.05) is 6.54 Å². The third-order valence-electron chi connectivity index (χ3n) is 4.00. The van der Waals surface area contributed by atoms with Gasteiger partial charge in [-0.05, 0) is 30.5 Å². The van der Waals surface area contributed by atoms with Crippen LogP contribution in [-0.4, -0.2) is 28.1 Å². The summed E-state index contributed by atoms with van der Waals surface area (Å²) in [6, 6.07) is 5.96. The summed E-state index contributed by atoms with van der Waals surface area (Å²) in [4.78, 5) is 15.2. The lowest BCUT2D eigenvalue weighted by Gasteiger charge is -2.27. The fourth-order valence-electron chi connectivity index (χ4n) is 1.98. The molecule has 0 saturated carbocycles. The number of rotatable bonds is 5. The molecule has 1 unspecified atom stereocenters. The first kappa shape index (κ1) is 16.2. The molecule has 2 aromatic rings. The molecule has 2 rings (SSSR count). The second kappa shape index (κ2) is 6.32. The average Bonchev–Trinajstić information content (AvgIpc) is 2.95. The number of aliphatic hydroxyl groups is 1. The van der Waals surface area contributed by atoms with Crippen LogP contribution in [0.4, 0.5) is 4.39 Å². The quantitative estimate of drug-likeness (QED) is 0.795. The van der Waals surface area contributed by atoms with Crippen molar-refractivity contribution < 1.29 is 14.3 Å². The highest BCUT2D eigenvalue weighted by molar-refractivity contribution is 6.00. The molecular formula is C17H21FN2O2. The third kappa shape index (κ3) is 3.54. The maximum atomic E-state index is 13.0. The molecule has 1 heterocycles. The molecule has 118 valence electrons. The summed E-state index contributed by atoms with van der Waals surface area (Å²) in [6.07, 6.45) is 3.29. The number of aromatic amines is 1. The average molecular weight is 304 g/mol. The maximum Gasteiger partial charge on any atom is 0.253 e. The molecule has 0 spiro atoms. The lowest BCUT2D eigenvalue weighted by atomic mass is 9.92. The Bertz CT molecular complexity index is 645. The minimum Gasteiger partial charge on any atom is -0.388 e. The molecule has 5 heteroatoms. The van der Waals surface area contributed by atoms with Crippen LogP contribution in [0.3, 0.4) is 0 Å². The first-order valence-corrected chi connectivity index (χ1v) is 7.24. The minimum atomic E-state index is -0.970. The van der Waals surface area contributed by atoms with E-state index in [-0.39, 0.29) is 24.2 Å². The zero-order valence-corrected chi connectivity index (χ0v) is 13.0. The van der Waals surface area contributed by atoms with E-state index in [1.807, 2.05) is 13.8 Å². The van der Waals surface area contributed by atoms with E-state index in [9.17, 15) is 14.3 Å². The molecule has 1 aromatic carbocycles. The number of halogens is 1. The van der Waals surface area contributed by atoms with E-state index in [0.717, 1.165) is 5.56 Å². The van der Waals surface area contributed by atoms with Gasteiger partial charge >= 0.3 is 0 Å². The van der Waals surface area contributed by atoms with Gasteiger partial charge in [0.25, 0.3) is 5.91 Å². The highest BCUT2D eigenvalue weighted by Gasteiger charge is 2.26. The summed E-state index contributed by atoms with van der Waals surface area (Å²) in [7, 11) is 0. The summed E-state index contributed by atoms with van der Waals surface area (Å²) in [5.74, 6) is -0.574. The van der Waals surface area contributed by atoms with Crippen LogP contribution >= 0.6 is 0 Å². The smallest absolute Gasteiger partial charge is 0.253 e. The topological polar surface area (TPSA) is 65.1 Å². The van der Waals surface area contributed by atoms with Gasteiger partial charge in [-0.25, -0.2) is 4.39 Å². The van der Waals surface area contributed by atoms with Gasteiger partial charge in [0.1, 0.15) is 5.82 Å². The fraction of sp³-hybridized carbons (Fsp3) is 0.353. The first-order chi connectivity index (χ1) is 10.3. The summed E-state index contributed by atoms with van der Waals surface area (Å²) >= 11 is 0. The Balaban J connectivity index is 2.15. The molecule has 0 aliphatic carbocycles. The van der Waals surface area contributed by atoms with E-state index in [1.54, 1.807) is 31.5 Å². The molecule has 0 radical (unpaired) electrons. The van der Waals surface area contributed by atoms with E-state index in [4.69, 9.17) is 0 Å². The zero-order valence-electron chi connectivity index (χ0n) is 13.0. The standard InChI is InChI=1S/C17H21FN2O2/c1-11(2)17(3,22)10-20-16(21)15-9-19-8-14(15)12-4-6-13(18)7-5-12/h4-9,11,19,22H,10H2,1-3H3,(H,20,21). The van der Waals surface area contributed by atoms with Gasteiger partial charge in [-0.3, -0.25) is 4.79 Å². The Labute approximate surface area is 129 Å². The van der Waals surface area contributed by atoms with Crippen molar-refractivity contribution in [1.29, 1.82) is 0 Å². The highest BCUT2D eigenvalue weighted by atomic mass is 19.1. The van der Waals surface area contributed by atoms with Crippen LogP contribution < -0.4 is 5.32 Å². The zero-order chi connectivity index (χ0) is 16.3. The number of hydrogen-bond acceptors (Lipinski definition) is 2. The Hall–Kier alpha value is -2.14. The molecule has 0 fully saturated rings. The number of H-pyrrole nitrogens is 1. The number of benzene rings is 1. The van der Waals surface area contributed by atoms with Gasteiger partial charge in [0.15, 0.2) is 0 Å². The molecule has 1 amide bonds. The number of carbonyl (C=O) groups excluding carboxylic acids is 1. The lowest BCUT2D eigenvalue weighted by Crippen LogP contribution is -2.44. The van der Waals surface area contributed by atoms with Crippen LogP contribution in [0.15, 0.2) is 36.7 Å². The van der Waals surface area contributed by atoms with Gasteiger partial charge in [-0.2, -0.15) is 0 Å². The van der Waals surface area contributed by atoms with Crippen LogP contribution in [0.25, 0.3) is 11.1 Å². The number of hydrogen-bond donors (Lipinski definition) is 3. The SMILES string of the molecule is CC(C)C(C)(O)CNC(=O)c1c[nH]cc1-c1ccc(F)cc1. The predicted octanol–water partition coefficient (Wildman–Crippen LogP) is 2.96. The Morgan fingerprint density at radius 3 is 2.55 bits per heavy atom. The van der Waals surface area contributed by atoms with Crippen molar-refractivity contribution in [3.05, 3.63) is 48.0 Å². The van der Waals surface area contributed by atoms with Crippen LogP contribution in [-0.2, 0) is 0 Å². The van der Waals surface area contributed by atoms with Gasteiger partial charge in [0, 0.05) is 24.5 Å². The van der Waals surface area contributed by atoms with Gasteiger partial charge in [-0.1, -0.05) is 26.0 Å². The molecule has 22 heavy (non-hydrogen) atoms. The largest absolute Gasteiger partial charge is 0.388 e. The summed E-state index contributed by atoms with van der Waals surface area (Å²) in [6.45, 7) is 5.65. The van der Waals surface area contributed by atoms with Gasteiger partial charge in [0.05, 0.1) is 11.2 Å². The molecule has 0 saturated heterocycles. The number of nitrogens with one attached hydrogen (secondary N) is 2. The second-order valence-electron chi connectivity index (χ2n) is 5.98. The second-order valence-corrected chi connectivity index (χ2v) is 5.98. The molecule has 1 aromatic heterocycles. The Morgan fingerprint density at radius 1 is 1.32 bits per heavy atom. The first-order valence-electron chi connectivity index (χ1n) is 7.24. The lowest BCUT2D eigenvalue weighted by molar-refractivity contribution is 0.0142. The maximum absolute atomic E-state index is 13.0. The van der Waals surface area contributed by atoms with Crippen LogP contribution in [0.2, 0.25) is 0 Å². The Kier molecular flexibility index (Phi) is 4.66. The molecule has 3 N–H and O–H groups in total. The summed E-state index contributed by atoms with van der Waals surface area (Å²) in [5, 5.41) is 12.9. The Morgan fingerprint density at radius 2 is 1.95 bits per heavy atom.